The Morgan fingerprint density at radius 2 is 1.70 bits per heavy atom. The molecule has 0 aliphatic carbocycles. The summed E-state index contributed by atoms with van der Waals surface area (Å²) in [6.07, 6.45) is 0. The second kappa shape index (κ2) is 8.13. The molecule has 0 aromatic heterocycles. The Bertz CT molecular complexity index is 98.3. The number of nitrogens with two attached hydrogens (primary N) is 2. The van der Waals surface area contributed by atoms with Gasteiger partial charge >= 0.3 is 5.97 Å². The molecule has 0 heterocycles. The van der Waals surface area contributed by atoms with Gasteiger partial charge in [0, 0.05) is 18.7 Å². The standard InChI is InChI=1S/C4H6O2.C2H8N2/c1-3(2)4(5)6;3-1-2-4/h1H2,2H3,(H,5,6);1-4H2. The molecule has 0 atom stereocenters. The molecule has 4 nitrogen and oxygen atoms in total. The average Bonchev–Trinajstić information content (AvgIpc) is 1.89. The second-order valence-corrected chi connectivity index (χ2v) is 1.66. The van der Waals surface area contributed by atoms with Crippen LogP contribution in [-0.4, -0.2) is 24.2 Å². The van der Waals surface area contributed by atoms with E-state index in [4.69, 9.17) is 16.6 Å². The maximum absolute atomic E-state index is 9.60. The van der Waals surface area contributed by atoms with Crippen molar-refractivity contribution in [2.24, 2.45) is 11.5 Å². The van der Waals surface area contributed by atoms with E-state index in [1.807, 2.05) is 0 Å². The van der Waals surface area contributed by atoms with Gasteiger partial charge in [0.25, 0.3) is 0 Å². The molecular formula is C6H14N2O2. The third-order valence-corrected chi connectivity index (χ3v) is 0.532. The quantitative estimate of drug-likeness (QED) is 0.460. The van der Waals surface area contributed by atoms with Crippen molar-refractivity contribution in [3.8, 4) is 0 Å². The summed E-state index contributed by atoms with van der Waals surface area (Å²) in [4.78, 5) is 9.60. The van der Waals surface area contributed by atoms with E-state index in [1.54, 1.807) is 0 Å². The maximum atomic E-state index is 9.60. The maximum Gasteiger partial charge on any atom is 0.330 e. The number of aliphatic carboxylic acids is 1. The highest BCUT2D eigenvalue weighted by Crippen LogP contribution is 1.81. The molecule has 0 radical (unpaired) electrons. The molecule has 0 saturated carbocycles. The normalized spacial score (nSPS) is 7.50. The van der Waals surface area contributed by atoms with E-state index in [2.05, 4.69) is 6.58 Å². The topological polar surface area (TPSA) is 89.3 Å². The molecule has 0 fully saturated rings. The number of carboxylic acids is 1. The lowest BCUT2D eigenvalue weighted by Crippen LogP contribution is -2.11. The highest BCUT2D eigenvalue weighted by Gasteiger charge is 1.90. The summed E-state index contributed by atoms with van der Waals surface area (Å²) in [5.41, 5.74) is 9.98. The van der Waals surface area contributed by atoms with Crippen LogP contribution in [0.2, 0.25) is 0 Å². The molecule has 0 aliphatic heterocycles. The third kappa shape index (κ3) is 15.7. The molecule has 60 valence electrons. The van der Waals surface area contributed by atoms with Crippen LogP contribution in [0, 0.1) is 0 Å². The van der Waals surface area contributed by atoms with Crippen LogP contribution in [0.15, 0.2) is 12.2 Å². The Hall–Kier alpha value is -0.870. The van der Waals surface area contributed by atoms with Gasteiger partial charge in [0.05, 0.1) is 0 Å². The summed E-state index contributed by atoms with van der Waals surface area (Å²) in [5, 5.41) is 7.89. The van der Waals surface area contributed by atoms with E-state index in [9.17, 15) is 4.79 Å². The number of carbonyl (C=O) groups is 1. The summed E-state index contributed by atoms with van der Waals surface area (Å²) < 4.78 is 0. The predicted molar refractivity (Wildman–Crippen MR) is 40.6 cm³/mol. The van der Waals surface area contributed by atoms with Gasteiger partial charge in [-0.2, -0.15) is 0 Å². The number of hydrogen-bond donors (Lipinski definition) is 3. The largest absolute Gasteiger partial charge is 0.478 e. The van der Waals surface area contributed by atoms with Gasteiger partial charge in [0.15, 0.2) is 0 Å². The minimum Gasteiger partial charge on any atom is -0.478 e. The Kier molecular flexibility index (Phi) is 9.65. The lowest BCUT2D eigenvalue weighted by molar-refractivity contribution is -0.132. The average molecular weight is 146 g/mol. The van der Waals surface area contributed by atoms with Gasteiger partial charge in [0.1, 0.15) is 0 Å². The first-order chi connectivity index (χ1) is 4.56. The third-order valence-electron chi connectivity index (χ3n) is 0.532. The van der Waals surface area contributed by atoms with E-state index in [1.165, 1.54) is 6.92 Å². The fourth-order valence-electron chi connectivity index (χ4n) is 0. The Morgan fingerprint density at radius 1 is 1.50 bits per heavy atom. The van der Waals surface area contributed by atoms with E-state index >= 15 is 0 Å². The highest BCUT2D eigenvalue weighted by molar-refractivity contribution is 5.84. The van der Waals surface area contributed by atoms with E-state index in [0.717, 1.165) is 0 Å². The van der Waals surface area contributed by atoms with Gasteiger partial charge < -0.3 is 16.6 Å². The molecule has 5 N–H and O–H groups in total. The lowest BCUT2D eigenvalue weighted by Gasteiger charge is -1.79. The Morgan fingerprint density at radius 3 is 1.70 bits per heavy atom. The van der Waals surface area contributed by atoms with Gasteiger partial charge in [-0.3, -0.25) is 0 Å². The van der Waals surface area contributed by atoms with E-state index in [-0.39, 0.29) is 5.57 Å². The van der Waals surface area contributed by atoms with Gasteiger partial charge in [-0.15, -0.1) is 0 Å². The van der Waals surface area contributed by atoms with Crippen LogP contribution in [0.5, 0.6) is 0 Å². The minimum absolute atomic E-state index is 0.176. The minimum atomic E-state index is -0.935. The van der Waals surface area contributed by atoms with Gasteiger partial charge in [-0.1, -0.05) is 6.58 Å². The summed E-state index contributed by atoms with van der Waals surface area (Å²) in [6.45, 7) is 5.80. The monoisotopic (exact) mass is 146 g/mol. The second-order valence-electron chi connectivity index (χ2n) is 1.66. The van der Waals surface area contributed by atoms with Crippen LogP contribution in [0.1, 0.15) is 6.92 Å². The molecule has 0 rings (SSSR count). The first-order valence-corrected chi connectivity index (χ1v) is 2.85. The van der Waals surface area contributed by atoms with Crippen molar-refractivity contribution in [1.82, 2.24) is 0 Å². The zero-order chi connectivity index (χ0) is 8.57. The SMILES string of the molecule is C=C(C)C(=O)O.NCCN. The molecule has 0 saturated heterocycles. The number of rotatable bonds is 2. The first kappa shape index (κ1) is 11.9. The van der Waals surface area contributed by atoms with Crippen molar-refractivity contribution >= 4 is 5.97 Å². The van der Waals surface area contributed by atoms with Crippen LogP contribution < -0.4 is 11.5 Å². The zero-order valence-corrected chi connectivity index (χ0v) is 6.13. The van der Waals surface area contributed by atoms with Crippen molar-refractivity contribution in [3.63, 3.8) is 0 Å². The summed E-state index contributed by atoms with van der Waals surface area (Å²) in [6, 6.07) is 0. The van der Waals surface area contributed by atoms with Crippen molar-refractivity contribution in [3.05, 3.63) is 12.2 Å². The molecule has 4 heteroatoms. The van der Waals surface area contributed by atoms with E-state index < -0.39 is 5.97 Å². The predicted octanol–water partition coefficient (Wildman–Crippen LogP) is -0.449. The van der Waals surface area contributed by atoms with Crippen LogP contribution in [-0.2, 0) is 4.79 Å². The zero-order valence-electron chi connectivity index (χ0n) is 6.13. The summed E-state index contributed by atoms with van der Waals surface area (Å²) in [5.74, 6) is -0.935. The smallest absolute Gasteiger partial charge is 0.330 e. The van der Waals surface area contributed by atoms with Gasteiger partial charge in [0.2, 0.25) is 0 Å². The summed E-state index contributed by atoms with van der Waals surface area (Å²) in [7, 11) is 0. The number of hydrogen-bond acceptors (Lipinski definition) is 3. The van der Waals surface area contributed by atoms with Crippen LogP contribution >= 0.6 is 0 Å². The van der Waals surface area contributed by atoms with Crippen molar-refractivity contribution < 1.29 is 9.90 Å². The fraction of sp³-hybridized carbons (Fsp3) is 0.500. The highest BCUT2D eigenvalue weighted by atomic mass is 16.4. The van der Waals surface area contributed by atoms with Crippen LogP contribution in [0.25, 0.3) is 0 Å². The molecule has 0 spiro atoms. The first-order valence-electron chi connectivity index (χ1n) is 2.85. The Balaban J connectivity index is 0. The number of carboxylic acid groups (broad SMARTS) is 1. The lowest BCUT2D eigenvalue weighted by atomic mass is 10.4. The molecule has 10 heavy (non-hydrogen) atoms. The van der Waals surface area contributed by atoms with E-state index in [0.29, 0.717) is 13.1 Å². The van der Waals surface area contributed by atoms with Crippen molar-refractivity contribution in [1.29, 1.82) is 0 Å². The molecule has 0 unspecified atom stereocenters. The molecule has 0 amide bonds. The fourth-order valence-corrected chi connectivity index (χ4v) is 0. The van der Waals surface area contributed by atoms with Crippen LogP contribution in [0.4, 0.5) is 0 Å². The molecular weight excluding hydrogens is 132 g/mol. The molecule has 0 bridgehead atoms. The van der Waals surface area contributed by atoms with Crippen molar-refractivity contribution in [2.45, 2.75) is 6.92 Å². The molecule has 0 aromatic carbocycles. The van der Waals surface area contributed by atoms with Crippen molar-refractivity contribution in [2.75, 3.05) is 13.1 Å². The Labute approximate surface area is 60.5 Å². The molecule has 0 aliphatic rings. The summed E-state index contributed by atoms with van der Waals surface area (Å²) >= 11 is 0. The van der Waals surface area contributed by atoms with Gasteiger partial charge in [-0.25, -0.2) is 4.79 Å². The van der Waals surface area contributed by atoms with Gasteiger partial charge in [-0.05, 0) is 6.92 Å². The van der Waals surface area contributed by atoms with Crippen LogP contribution in [0.3, 0.4) is 0 Å². The molecule has 0 aromatic rings.